The van der Waals surface area contributed by atoms with Gasteiger partial charge in [0.15, 0.2) is 0 Å². The van der Waals surface area contributed by atoms with Crippen molar-refractivity contribution in [1.29, 1.82) is 0 Å². The lowest BCUT2D eigenvalue weighted by Gasteiger charge is -2.07. The van der Waals surface area contributed by atoms with Crippen LogP contribution in [0.15, 0.2) is 39.4 Å². The molecule has 0 bridgehead atoms. The van der Waals surface area contributed by atoms with Crippen LogP contribution in [0.5, 0.6) is 0 Å². The molecule has 16 heavy (non-hydrogen) atoms. The number of furan rings is 1. The van der Waals surface area contributed by atoms with E-state index in [1.165, 1.54) is 0 Å². The molecule has 1 heterocycles. The van der Waals surface area contributed by atoms with Crippen molar-refractivity contribution in [3.8, 4) is 0 Å². The molecule has 0 aliphatic carbocycles. The highest BCUT2D eigenvalue weighted by atomic mass is 127. The third kappa shape index (κ3) is 2.93. The maximum absolute atomic E-state index is 6.10. The topological polar surface area (TPSA) is 25.2 Å². The Balaban J connectivity index is 2.08. The van der Waals surface area contributed by atoms with Gasteiger partial charge in [-0.3, -0.25) is 0 Å². The smallest absolute Gasteiger partial charge is 0.136 e. The number of hydrogen-bond donors (Lipinski definition) is 1. The van der Waals surface area contributed by atoms with Gasteiger partial charge in [0, 0.05) is 3.57 Å². The first-order valence-corrected chi connectivity index (χ1v) is 6.82. The molecule has 0 aliphatic heterocycles. The maximum Gasteiger partial charge on any atom is 0.136 e. The van der Waals surface area contributed by atoms with E-state index in [9.17, 15) is 0 Å². The molecule has 2 aromatic rings. The van der Waals surface area contributed by atoms with Gasteiger partial charge in [-0.05, 0) is 62.8 Å². The van der Waals surface area contributed by atoms with Gasteiger partial charge in [0.2, 0.25) is 0 Å². The van der Waals surface area contributed by atoms with Crippen molar-refractivity contribution >= 4 is 55.8 Å². The fourth-order valence-corrected chi connectivity index (χ4v) is 2.52. The van der Waals surface area contributed by atoms with Crippen LogP contribution in [0.2, 0.25) is 5.02 Å². The Morgan fingerprint density at radius 3 is 2.81 bits per heavy atom. The summed E-state index contributed by atoms with van der Waals surface area (Å²) in [6.45, 7) is 0.605. The lowest BCUT2D eigenvalue weighted by Crippen LogP contribution is -1.99. The van der Waals surface area contributed by atoms with Gasteiger partial charge in [-0.1, -0.05) is 11.6 Å². The molecule has 1 N–H and O–H groups in total. The van der Waals surface area contributed by atoms with Crippen LogP contribution in [0.3, 0.4) is 0 Å². The molecule has 1 aromatic heterocycles. The Bertz CT molecular complexity index is 500. The first-order valence-electron chi connectivity index (χ1n) is 4.57. The molecule has 0 spiro atoms. The predicted octanol–water partition coefficient (Wildman–Crippen LogP) is 4.91. The molecule has 0 amide bonds. The zero-order valence-electron chi connectivity index (χ0n) is 8.14. The summed E-state index contributed by atoms with van der Waals surface area (Å²) in [6.07, 6.45) is 1.65. The van der Waals surface area contributed by atoms with Gasteiger partial charge < -0.3 is 9.73 Å². The lowest BCUT2D eigenvalue weighted by molar-refractivity contribution is 0.516. The van der Waals surface area contributed by atoms with Crippen LogP contribution in [0.1, 0.15) is 5.76 Å². The number of halogens is 3. The second-order valence-corrected chi connectivity index (χ2v) is 5.68. The minimum atomic E-state index is 0.605. The number of hydrogen-bond acceptors (Lipinski definition) is 2. The third-order valence-corrected chi connectivity index (χ3v) is 3.75. The molecule has 0 atom stereocenters. The van der Waals surface area contributed by atoms with Gasteiger partial charge in [0.1, 0.15) is 5.76 Å². The summed E-state index contributed by atoms with van der Waals surface area (Å²) in [5.74, 6) is 0.856. The van der Waals surface area contributed by atoms with E-state index in [0.717, 1.165) is 24.5 Å². The molecular formula is C11H8BrClINO. The van der Waals surface area contributed by atoms with Crippen molar-refractivity contribution in [3.05, 3.63) is 49.4 Å². The molecule has 1 aromatic carbocycles. The molecule has 84 valence electrons. The maximum atomic E-state index is 6.10. The van der Waals surface area contributed by atoms with Gasteiger partial charge in [-0.2, -0.15) is 0 Å². The summed E-state index contributed by atoms with van der Waals surface area (Å²) < 4.78 is 7.37. The van der Waals surface area contributed by atoms with Crippen molar-refractivity contribution in [2.75, 3.05) is 5.32 Å². The normalized spacial score (nSPS) is 10.4. The van der Waals surface area contributed by atoms with Crippen molar-refractivity contribution in [2.24, 2.45) is 0 Å². The van der Waals surface area contributed by atoms with Gasteiger partial charge in [-0.25, -0.2) is 0 Å². The SMILES string of the molecule is Clc1cc(I)ccc1NCc1occc1Br. The van der Waals surface area contributed by atoms with E-state index in [4.69, 9.17) is 16.0 Å². The Morgan fingerprint density at radius 2 is 2.19 bits per heavy atom. The van der Waals surface area contributed by atoms with Crippen molar-refractivity contribution in [2.45, 2.75) is 6.54 Å². The highest BCUT2D eigenvalue weighted by molar-refractivity contribution is 14.1. The molecule has 2 rings (SSSR count). The van der Waals surface area contributed by atoms with E-state index in [1.54, 1.807) is 6.26 Å². The van der Waals surface area contributed by atoms with Crippen LogP contribution in [-0.2, 0) is 6.54 Å². The van der Waals surface area contributed by atoms with Crippen molar-refractivity contribution in [3.63, 3.8) is 0 Å². The molecule has 0 aliphatic rings. The zero-order valence-corrected chi connectivity index (χ0v) is 12.6. The first kappa shape index (κ1) is 12.3. The van der Waals surface area contributed by atoms with Crippen molar-refractivity contribution < 1.29 is 4.42 Å². The molecule has 0 fully saturated rings. The number of anilines is 1. The van der Waals surface area contributed by atoms with Crippen LogP contribution in [0.4, 0.5) is 5.69 Å². The molecule has 2 nitrogen and oxygen atoms in total. The second-order valence-electron chi connectivity index (χ2n) is 3.17. The van der Waals surface area contributed by atoms with E-state index in [-0.39, 0.29) is 0 Å². The molecule has 0 radical (unpaired) electrons. The van der Waals surface area contributed by atoms with Crippen LogP contribution in [-0.4, -0.2) is 0 Å². The standard InChI is InChI=1S/C11H8BrClINO/c12-8-3-4-16-11(8)6-15-10-2-1-7(14)5-9(10)13/h1-5,15H,6H2. The highest BCUT2D eigenvalue weighted by Gasteiger charge is 2.05. The third-order valence-electron chi connectivity index (χ3n) is 2.06. The number of benzene rings is 1. The fraction of sp³-hybridized carbons (Fsp3) is 0.0909. The summed E-state index contributed by atoms with van der Waals surface area (Å²) in [5.41, 5.74) is 0.908. The Kier molecular flexibility index (Phi) is 4.16. The molecule has 0 unspecified atom stereocenters. The number of nitrogens with one attached hydrogen (secondary N) is 1. The minimum absolute atomic E-state index is 0.605. The first-order chi connectivity index (χ1) is 7.66. The fourth-order valence-electron chi connectivity index (χ4n) is 1.26. The van der Waals surface area contributed by atoms with Gasteiger partial charge in [0.05, 0.1) is 28.0 Å². The highest BCUT2D eigenvalue weighted by Crippen LogP contribution is 2.25. The van der Waals surface area contributed by atoms with Gasteiger partial charge in [-0.15, -0.1) is 0 Å². The Hall–Kier alpha value is -0.200. The summed E-state index contributed by atoms with van der Waals surface area (Å²) in [4.78, 5) is 0. The van der Waals surface area contributed by atoms with Crippen LogP contribution in [0.25, 0.3) is 0 Å². The van der Waals surface area contributed by atoms with Gasteiger partial charge >= 0.3 is 0 Å². The van der Waals surface area contributed by atoms with Gasteiger partial charge in [0.25, 0.3) is 0 Å². The summed E-state index contributed by atoms with van der Waals surface area (Å²) in [7, 11) is 0. The summed E-state index contributed by atoms with van der Waals surface area (Å²) in [6, 6.07) is 7.75. The number of rotatable bonds is 3. The summed E-state index contributed by atoms with van der Waals surface area (Å²) in [5, 5.41) is 3.94. The van der Waals surface area contributed by atoms with E-state index >= 15 is 0 Å². The molecule has 0 saturated carbocycles. The monoisotopic (exact) mass is 411 g/mol. The average molecular weight is 412 g/mol. The van der Waals surface area contributed by atoms with E-state index < -0.39 is 0 Å². The predicted molar refractivity (Wildman–Crippen MR) is 77.9 cm³/mol. The van der Waals surface area contributed by atoms with Crippen LogP contribution in [0, 0.1) is 3.57 Å². The van der Waals surface area contributed by atoms with E-state index in [2.05, 4.69) is 43.8 Å². The largest absolute Gasteiger partial charge is 0.466 e. The molecule has 0 saturated heterocycles. The lowest BCUT2D eigenvalue weighted by atomic mass is 10.3. The van der Waals surface area contributed by atoms with E-state index in [1.807, 2.05) is 24.3 Å². The average Bonchev–Trinajstić information content (AvgIpc) is 2.63. The minimum Gasteiger partial charge on any atom is -0.466 e. The molecule has 5 heteroatoms. The van der Waals surface area contributed by atoms with Crippen molar-refractivity contribution in [1.82, 2.24) is 0 Å². The Labute approximate surface area is 121 Å². The summed E-state index contributed by atoms with van der Waals surface area (Å²) >= 11 is 11.7. The second kappa shape index (κ2) is 5.42. The van der Waals surface area contributed by atoms with Crippen LogP contribution < -0.4 is 5.32 Å². The van der Waals surface area contributed by atoms with E-state index in [0.29, 0.717) is 6.54 Å². The van der Waals surface area contributed by atoms with Crippen LogP contribution >= 0.6 is 50.1 Å². The Morgan fingerprint density at radius 1 is 1.38 bits per heavy atom. The zero-order chi connectivity index (χ0) is 11.5. The molecular weight excluding hydrogens is 404 g/mol. The quantitative estimate of drug-likeness (QED) is 0.725.